The summed E-state index contributed by atoms with van der Waals surface area (Å²) in [4.78, 5) is 13.8. The summed E-state index contributed by atoms with van der Waals surface area (Å²) in [5.74, 6) is 0.240. The molecule has 0 saturated carbocycles. The fourth-order valence-corrected chi connectivity index (χ4v) is 2.70. The van der Waals surface area contributed by atoms with Crippen molar-refractivity contribution in [1.82, 2.24) is 4.90 Å². The van der Waals surface area contributed by atoms with Gasteiger partial charge >= 0.3 is 0 Å². The lowest BCUT2D eigenvalue weighted by Crippen LogP contribution is -2.65. The summed E-state index contributed by atoms with van der Waals surface area (Å²) in [6.45, 7) is 6.82. The second-order valence-corrected chi connectivity index (χ2v) is 5.63. The Kier molecular flexibility index (Phi) is 2.80. The molecule has 0 spiro atoms. The number of carbonyl (C=O) groups is 1. The Bertz CT molecular complexity index is 405. The first-order valence-electron chi connectivity index (χ1n) is 5.48. The quantitative estimate of drug-likeness (QED) is 0.856. The van der Waals surface area contributed by atoms with Crippen molar-refractivity contribution in [1.29, 1.82) is 0 Å². The largest absolute Gasteiger partial charge is 0.386 e. The summed E-state index contributed by atoms with van der Waals surface area (Å²) >= 11 is 1.54. The number of amides is 1. The molecule has 1 aliphatic rings. The number of nitrogens with zero attached hydrogens (tertiary/aromatic N) is 1. The summed E-state index contributed by atoms with van der Waals surface area (Å²) in [5.41, 5.74) is 1.12. The van der Waals surface area contributed by atoms with Crippen LogP contribution in [0.3, 0.4) is 0 Å². The molecular weight excluding hydrogens is 222 g/mol. The van der Waals surface area contributed by atoms with E-state index in [4.69, 9.17) is 0 Å². The van der Waals surface area contributed by atoms with Gasteiger partial charge in [-0.05, 0) is 23.8 Å². The molecule has 2 heterocycles. The molecule has 1 fully saturated rings. The molecule has 1 aromatic rings. The monoisotopic (exact) mass is 239 g/mol. The number of hydrogen-bond donors (Lipinski definition) is 1. The molecule has 88 valence electrons. The van der Waals surface area contributed by atoms with Crippen molar-refractivity contribution >= 4 is 17.2 Å². The number of likely N-dealkylation sites (tertiary alicyclic amines) is 1. The zero-order valence-corrected chi connectivity index (χ0v) is 10.7. The van der Waals surface area contributed by atoms with Gasteiger partial charge in [0.2, 0.25) is 0 Å². The van der Waals surface area contributed by atoms with Crippen molar-refractivity contribution in [2.45, 2.75) is 26.4 Å². The molecule has 16 heavy (non-hydrogen) atoms. The lowest BCUT2D eigenvalue weighted by Gasteiger charge is -2.49. The van der Waals surface area contributed by atoms with E-state index in [1.807, 2.05) is 31.5 Å². The molecule has 0 bridgehead atoms. The number of rotatable bonds is 2. The normalized spacial score (nSPS) is 18.7. The third-order valence-electron chi connectivity index (χ3n) is 3.38. The van der Waals surface area contributed by atoms with Gasteiger partial charge in [-0.1, -0.05) is 13.8 Å². The highest BCUT2D eigenvalue weighted by Crippen LogP contribution is 2.30. The lowest BCUT2D eigenvalue weighted by atomic mass is 9.82. The predicted molar refractivity (Wildman–Crippen MR) is 64.7 cm³/mol. The van der Waals surface area contributed by atoms with Crippen molar-refractivity contribution < 1.29 is 9.90 Å². The van der Waals surface area contributed by atoms with Crippen LogP contribution >= 0.6 is 11.3 Å². The van der Waals surface area contributed by atoms with E-state index in [1.54, 1.807) is 16.2 Å². The number of thiophene rings is 1. The van der Waals surface area contributed by atoms with Gasteiger partial charge in [-0.25, -0.2) is 0 Å². The van der Waals surface area contributed by atoms with E-state index in [2.05, 4.69) is 0 Å². The van der Waals surface area contributed by atoms with Crippen LogP contribution in [0.5, 0.6) is 0 Å². The minimum absolute atomic E-state index is 0.0454. The molecule has 0 radical (unpaired) electrons. The molecule has 2 rings (SSSR count). The Morgan fingerprint density at radius 3 is 2.56 bits per heavy atom. The molecule has 1 amide bonds. The van der Waals surface area contributed by atoms with Gasteiger partial charge in [-0.3, -0.25) is 4.79 Å². The zero-order chi connectivity index (χ0) is 11.9. The van der Waals surface area contributed by atoms with Crippen LogP contribution in [0.25, 0.3) is 0 Å². The van der Waals surface area contributed by atoms with Crippen molar-refractivity contribution in [3.05, 3.63) is 21.9 Å². The van der Waals surface area contributed by atoms with E-state index < -0.39 is 5.60 Å². The van der Waals surface area contributed by atoms with E-state index in [0.717, 1.165) is 11.1 Å². The van der Waals surface area contributed by atoms with Crippen molar-refractivity contribution in [3.63, 3.8) is 0 Å². The van der Waals surface area contributed by atoms with Crippen LogP contribution in [0, 0.1) is 12.8 Å². The molecular formula is C12H17NO2S. The summed E-state index contributed by atoms with van der Waals surface area (Å²) in [6.07, 6.45) is 0. The molecule has 0 unspecified atom stereocenters. The van der Waals surface area contributed by atoms with Crippen molar-refractivity contribution in [3.8, 4) is 0 Å². The molecule has 0 atom stereocenters. The first kappa shape index (κ1) is 11.6. The molecule has 1 aromatic heterocycles. The lowest BCUT2D eigenvalue weighted by molar-refractivity contribution is -0.110. The predicted octanol–water partition coefficient (Wildman–Crippen LogP) is 1.90. The topological polar surface area (TPSA) is 40.5 Å². The molecule has 3 nitrogen and oxygen atoms in total. The minimum Gasteiger partial charge on any atom is -0.386 e. The van der Waals surface area contributed by atoms with Gasteiger partial charge in [0, 0.05) is 5.38 Å². The van der Waals surface area contributed by atoms with E-state index >= 15 is 0 Å². The van der Waals surface area contributed by atoms with Gasteiger partial charge in [-0.2, -0.15) is 11.3 Å². The van der Waals surface area contributed by atoms with Crippen LogP contribution < -0.4 is 0 Å². The van der Waals surface area contributed by atoms with E-state index in [1.165, 1.54) is 0 Å². The Morgan fingerprint density at radius 2 is 2.12 bits per heavy atom. The standard InChI is InChI=1S/C12H17NO2S/c1-8(2)12(15)6-13(7-12)11(14)10-5-16-4-9(10)3/h4-5,8,15H,6-7H2,1-3H3. The Labute approximate surface area is 99.7 Å². The highest BCUT2D eigenvalue weighted by molar-refractivity contribution is 7.08. The molecule has 1 saturated heterocycles. The van der Waals surface area contributed by atoms with Gasteiger partial charge in [0.25, 0.3) is 5.91 Å². The Morgan fingerprint density at radius 1 is 1.50 bits per heavy atom. The third-order valence-corrected chi connectivity index (χ3v) is 4.24. The van der Waals surface area contributed by atoms with Crippen LogP contribution in [0.15, 0.2) is 10.8 Å². The summed E-state index contributed by atoms with van der Waals surface area (Å²) in [5, 5.41) is 13.9. The van der Waals surface area contributed by atoms with E-state index in [-0.39, 0.29) is 11.8 Å². The number of β-amino-alcohol motifs (C(OH)–C–C–N with tert-alkyl or cyclic N) is 1. The second-order valence-electron chi connectivity index (χ2n) is 4.89. The van der Waals surface area contributed by atoms with Crippen molar-refractivity contribution in [2.24, 2.45) is 5.92 Å². The summed E-state index contributed by atoms with van der Waals surface area (Å²) in [6, 6.07) is 0. The van der Waals surface area contributed by atoms with Crippen molar-refractivity contribution in [2.75, 3.05) is 13.1 Å². The number of carbonyl (C=O) groups excluding carboxylic acids is 1. The van der Waals surface area contributed by atoms with Crippen LogP contribution in [0.2, 0.25) is 0 Å². The third kappa shape index (κ3) is 1.76. The second kappa shape index (κ2) is 3.86. The fraction of sp³-hybridized carbons (Fsp3) is 0.583. The van der Waals surface area contributed by atoms with Crippen LogP contribution in [0.1, 0.15) is 29.8 Å². The molecule has 0 aliphatic carbocycles. The fourth-order valence-electron chi connectivity index (χ4n) is 1.87. The molecule has 4 heteroatoms. The van der Waals surface area contributed by atoms with Crippen LogP contribution in [-0.2, 0) is 0 Å². The molecule has 1 N–H and O–H groups in total. The van der Waals surface area contributed by atoms with E-state index in [9.17, 15) is 9.90 Å². The maximum Gasteiger partial charge on any atom is 0.255 e. The maximum atomic E-state index is 12.0. The summed E-state index contributed by atoms with van der Waals surface area (Å²) in [7, 11) is 0. The van der Waals surface area contributed by atoms with Crippen LogP contribution in [-0.4, -0.2) is 34.6 Å². The Hall–Kier alpha value is -0.870. The smallest absolute Gasteiger partial charge is 0.255 e. The molecule has 1 aliphatic heterocycles. The average Bonchev–Trinajstić information content (AvgIpc) is 2.58. The van der Waals surface area contributed by atoms with Gasteiger partial charge in [-0.15, -0.1) is 0 Å². The van der Waals surface area contributed by atoms with Crippen LogP contribution in [0.4, 0.5) is 0 Å². The maximum absolute atomic E-state index is 12.0. The summed E-state index contributed by atoms with van der Waals surface area (Å²) < 4.78 is 0. The number of hydrogen-bond acceptors (Lipinski definition) is 3. The van der Waals surface area contributed by atoms with Gasteiger partial charge < -0.3 is 10.0 Å². The number of aliphatic hydroxyl groups is 1. The Balaban J connectivity index is 2.04. The average molecular weight is 239 g/mol. The first-order chi connectivity index (χ1) is 7.44. The van der Waals surface area contributed by atoms with E-state index in [0.29, 0.717) is 13.1 Å². The minimum atomic E-state index is -0.681. The highest BCUT2D eigenvalue weighted by atomic mass is 32.1. The highest BCUT2D eigenvalue weighted by Gasteiger charge is 2.46. The molecule has 0 aromatic carbocycles. The van der Waals surface area contributed by atoms with Gasteiger partial charge in [0.15, 0.2) is 0 Å². The van der Waals surface area contributed by atoms with Gasteiger partial charge in [0.1, 0.15) is 5.60 Å². The SMILES string of the molecule is Cc1cscc1C(=O)N1CC(O)(C(C)C)C1. The zero-order valence-electron chi connectivity index (χ0n) is 9.86. The first-order valence-corrected chi connectivity index (χ1v) is 6.43. The van der Waals surface area contributed by atoms with Gasteiger partial charge in [0.05, 0.1) is 18.7 Å². The number of aryl methyl sites for hydroxylation is 1.